The maximum atomic E-state index is 4.36. The first-order valence-electron chi connectivity index (χ1n) is 5.31. The minimum absolute atomic E-state index is 0.853. The number of aryl methyl sites for hydroxylation is 1. The maximum absolute atomic E-state index is 4.36. The van der Waals surface area contributed by atoms with Gasteiger partial charge in [0.25, 0.3) is 0 Å². The number of hydrogen-bond donors (Lipinski definition) is 0. The molecule has 0 saturated heterocycles. The second kappa shape index (κ2) is 5.07. The lowest BCUT2D eigenvalue weighted by atomic mass is 10.1. The van der Waals surface area contributed by atoms with Gasteiger partial charge in [0, 0.05) is 25.1 Å². The Labute approximate surface area is 99.9 Å². The van der Waals surface area contributed by atoms with Crippen molar-refractivity contribution in [2.24, 2.45) is 0 Å². The van der Waals surface area contributed by atoms with Crippen LogP contribution >= 0.6 is 11.5 Å². The van der Waals surface area contributed by atoms with Crippen LogP contribution in [0.15, 0.2) is 30.3 Å². The van der Waals surface area contributed by atoms with E-state index in [2.05, 4.69) is 45.6 Å². The fourth-order valence-electron chi connectivity index (χ4n) is 1.48. The minimum atomic E-state index is 0.853. The van der Waals surface area contributed by atoms with Crippen LogP contribution in [0.25, 0.3) is 0 Å². The lowest BCUT2D eigenvalue weighted by Gasteiger charge is -2.14. The summed E-state index contributed by atoms with van der Waals surface area (Å²) < 4.78 is 4.18. The SMILES string of the molecule is Cc1nsc(N(C)CCc2ccccc2)n1. The van der Waals surface area contributed by atoms with Gasteiger partial charge < -0.3 is 4.90 Å². The Kier molecular flexibility index (Phi) is 3.51. The van der Waals surface area contributed by atoms with Crippen LogP contribution in [0.3, 0.4) is 0 Å². The van der Waals surface area contributed by atoms with Gasteiger partial charge >= 0.3 is 0 Å². The Morgan fingerprint density at radius 2 is 2.00 bits per heavy atom. The average molecular weight is 233 g/mol. The van der Waals surface area contributed by atoms with Gasteiger partial charge in [0.05, 0.1) is 0 Å². The number of hydrogen-bond acceptors (Lipinski definition) is 4. The number of anilines is 1. The molecule has 0 saturated carbocycles. The van der Waals surface area contributed by atoms with Crippen molar-refractivity contribution in [1.29, 1.82) is 0 Å². The van der Waals surface area contributed by atoms with Crippen LogP contribution in [-0.2, 0) is 6.42 Å². The number of likely N-dealkylation sites (N-methyl/N-ethyl adjacent to an activating group) is 1. The molecule has 0 fully saturated rings. The summed E-state index contributed by atoms with van der Waals surface area (Å²) in [6.07, 6.45) is 1.04. The fraction of sp³-hybridized carbons (Fsp3) is 0.333. The minimum Gasteiger partial charge on any atom is -0.350 e. The number of nitrogens with zero attached hydrogens (tertiary/aromatic N) is 3. The highest BCUT2D eigenvalue weighted by Gasteiger charge is 2.05. The van der Waals surface area contributed by atoms with Crippen molar-refractivity contribution in [3.05, 3.63) is 41.7 Å². The largest absolute Gasteiger partial charge is 0.350 e. The van der Waals surface area contributed by atoms with Gasteiger partial charge in [-0.3, -0.25) is 0 Å². The van der Waals surface area contributed by atoms with Crippen molar-refractivity contribution in [2.45, 2.75) is 13.3 Å². The molecule has 0 aliphatic rings. The zero-order valence-electron chi connectivity index (χ0n) is 9.55. The molecular weight excluding hydrogens is 218 g/mol. The predicted molar refractivity (Wildman–Crippen MR) is 68.1 cm³/mol. The summed E-state index contributed by atoms with van der Waals surface area (Å²) in [4.78, 5) is 6.51. The number of benzene rings is 1. The van der Waals surface area contributed by atoms with E-state index in [0.717, 1.165) is 23.9 Å². The van der Waals surface area contributed by atoms with E-state index in [4.69, 9.17) is 0 Å². The van der Waals surface area contributed by atoms with E-state index >= 15 is 0 Å². The van der Waals surface area contributed by atoms with Gasteiger partial charge in [0.1, 0.15) is 5.82 Å². The molecule has 0 N–H and O–H groups in total. The summed E-state index contributed by atoms with van der Waals surface area (Å²) in [7, 11) is 2.06. The highest BCUT2D eigenvalue weighted by molar-refractivity contribution is 7.09. The first kappa shape index (κ1) is 11.1. The van der Waals surface area contributed by atoms with E-state index < -0.39 is 0 Å². The van der Waals surface area contributed by atoms with Crippen LogP contribution in [0.1, 0.15) is 11.4 Å². The first-order chi connectivity index (χ1) is 7.75. The van der Waals surface area contributed by atoms with Gasteiger partial charge in [0.2, 0.25) is 5.13 Å². The van der Waals surface area contributed by atoms with Crippen molar-refractivity contribution in [3.8, 4) is 0 Å². The molecule has 4 heteroatoms. The van der Waals surface area contributed by atoms with E-state index in [1.54, 1.807) is 0 Å². The number of rotatable bonds is 4. The molecule has 3 nitrogen and oxygen atoms in total. The second-order valence-corrected chi connectivity index (χ2v) is 4.51. The Morgan fingerprint density at radius 3 is 2.62 bits per heavy atom. The molecule has 0 spiro atoms. The van der Waals surface area contributed by atoms with Crippen LogP contribution in [0, 0.1) is 6.92 Å². The van der Waals surface area contributed by atoms with Gasteiger partial charge in [-0.15, -0.1) is 0 Å². The van der Waals surface area contributed by atoms with E-state index in [-0.39, 0.29) is 0 Å². The van der Waals surface area contributed by atoms with Gasteiger partial charge in [-0.1, -0.05) is 30.3 Å². The zero-order valence-corrected chi connectivity index (χ0v) is 10.4. The zero-order chi connectivity index (χ0) is 11.4. The standard InChI is InChI=1S/C12H15N3S/c1-10-13-12(16-14-10)15(2)9-8-11-6-4-3-5-7-11/h3-7H,8-9H2,1-2H3. The average Bonchev–Trinajstić information content (AvgIpc) is 2.74. The van der Waals surface area contributed by atoms with Crippen LogP contribution in [-0.4, -0.2) is 22.9 Å². The van der Waals surface area contributed by atoms with Crippen molar-refractivity contribution >= 4 is 16.7 Å². The highest BCUT2D eigenvalue weighted by Crippen LogP contribution is 2.15. The molecule has 2 rings (SSSR count). The lowest BCUT2D eigenvalue weighted by molar-refractivity contribution is 0.868. The van der Waals surface area contributed by atoms with Crippen LogP contribution in [0.4, 0.5) is 5.13 Å². The van der Waals surface area contributed by atoms with E-state index in [1.807, 2.05) is 13.0 Å². The smallest absolute Gasteiger partial charge is 0.204 e. The third-order valence-corrected chi connectivity index (χ3v) is 3.34. The molecule has 16 heavy (non-hydrogen) atoms. The van der Waals surface area contributed by atoms with Crippen molar-refractivity contribution in [3.63, 3.8) is 0 Å². The normalized spacial score (nSPS) is 10.4. The molecule has 0 unspecified atom stereocenters. The molecule has 2 aromatic rings. The first-order valence-corrected chi connectivity index (χ1v) is 6.08. The highest BCUT2D eigenvalue weighted by atomic mass is 32.1. The summed E-state index contributed by atoms with van der Waals surface area (Å²) >= 11 is 1.46. The van der Waals surface area contributed by atoms with E-state index in [1.165, 1.54) is 17.1 Å². The third-order valence-electron chi connectivity index (χ3n) is 2.42. The Morgan fingerprint density at radius 1 is 1.25 bits per heavy atom. The van der Waals surface area contributed by atoms with Crippen LogP contribution < -0.4 is 4.90 Å². The lowest BCUT2D eigenvalue weighted by Crippen LogP contribution is -2.20. The molecule has 1 aromatic carbocycles. The molecule has 0 aliphatic carbocycles. The summed E-state index contributed by atoms with van der Waals surface area (Å²) in [5.74, 6) is 0.853. The van der Waals surface area contributed by atoms with E-state index in [9.17, 15) is 0 Å². The summed E-state index contributed by atoms with van der Waals surface area (Å²) in [5.41, 5.74) is 1.36. The Balaban J connectivity index is 1.91. The predicted octanol–water partition coefficient (Wildman–Crippen LogP) is 2.53. The third kappa shape index (κ3) is 2.79. The molecule has 0 atom stereocenters. The van der Waals surface area contributed by atoms with Crippen molar-refractivity contribution < 1.29 is 0 Å². The topological polar surface area (TPSA) is 29.0 Å². The van der Waals surface area contributed by atoms with Crippen molar-refractivity contribution in [1.82, 2.24) is 9.36 Å². The molecule has 0 amide bonds. The van der Waals surface area contributed by atoms with E-state index in [0.29, 0.717) is 0 Å². The quantitative estimate of drug-likeness (QED) is 0.812. The molecule has 1 aromatic heterocycles. The number of aromatic nitrogens is 2. The summed E-state index contributed by atoms with van der Waals surface area (Å²) in [5, 5.41) is 0.994. The van der Waals surface area contributed by atoms with Crippen LogP contribution in [0.5, 0.6) is 0 Å². The fourth-order valence-corrected chi connectivity index (χ4v) is 2.14. The molecule has 1 heterocycles. The van der Waals surface area contributed by atoms with Gasteiger partial charge in [-0.2, -0.15) is 4.37 Å². The molecule has 0 radical (unpaired) electrons. The Bertz CT molecular complexity index is 439. The van der Waals surface area contributed by atoms with Crippen molar-refractivity contribution in [2.75, 3.05) is 18.5 Å². The molecule has 0 bridgehead atoms. The summed E-state index contributed by atoms with van der Waals surface area (Å²) in [6.45, 7) is 2.89. The molecule has 0 aliphatic heterocycles. The van der Waals surface area contributed by atoms with Gasteiger partial charge in [-0.05, 0) is 18.9 Å². The van der Waals surface area contributed by atoms with Crippen LogP contribution in [0.2, 0.25) is 0 Å². The summed E-state index contributed by atoms with van der Waals surface area (Å²) in [6, 6.07) is 10.5. The Hall–Kier alpha value is -1.42. The molecular formula is C12H15N3S. The monoisotopic (exact) mass is 233 g/mol. The maximum Gasteiger partial charge on any atom is 0.204 e. The second-order valence-electron chi connectivity index (χ2n) is 3.78. The molecule has 84 valence electrons. The van der Waals surface area contributed by atoms with Gasteiger partial charge in [-0.25, -0.2) is 4.98 Å². The van der Waals surface area contributed by atoms with Gasteiger partial charge in [0.15, 0.2) is 0 Å².